The monoisotopic (exact) mass is 440 g/mol. The molecule has 2 N–H and O–H groups in total. The number of aromatic hydroxyl groups is 2. The van der Waals surface area contributed by atoms with E-state index in [2.05, 4.69) is 10.3 Å². The topological polar surface area (TPSA) is 122 Å². The molecule has 0 spiro atoms. The van der Waals surface area contributed by atoms with Crippen molar-refractivity contribution in [2.75, 3.05) is 7.05 Å². The van der Waals surface area contributed by atoms with Crippen LogP contribution in [0.15, 0.2) is 70.4 Å². The van der Waals surface area contributed by atoms with Gasteiger partial charge in [-0.2, -0.15) is 9.40 Å². The number of benzene rings is 2. The average Bonchev–Trinajstić information content (AvgIpc) is 3.40. The van der Waals surface area contributed by atoms with Gasteiger partial charge >= 0.3 is 0 Å². The van der Waals surface area contributed by atoms with E-state index in [1.54, 1.807) is 23.0 Å². The first-order valence-corrected chi connectivity index (χ1v) is 10.7. The van der Waals surface area contributed by atoms with E-state index in [4.69, 9.17) is 4.52 Å². The smallest absolute Gasteiger partial charge is 0.246 e. The predicted octanol–water partition coefficient (Wildman–Crippen LogP) is 3.07. The van der Waals surface area contributed by atoms with Gasteiger partial charge in [-0.3, -0.25) is 0 Å². The lowest BCUT2D eigenvalue weighted by Crippen LogP contribution is -2.26. The molecule has 0 radical (unpaired) electrons. The zero-order valence-electron chi connectivity index (χ0n) is 16.8. The first-order chi connectivity index (χ1) is 14.8. The summed E-state index contributed by atoms with van der Waals surface area (Å²) in [5.74, 6) is -0.832. The van der Waals surface area contributed by atoms with Gasteiger partial charge in [-0.15, -0.1) is 0 Å². The van der Waals surface area contributed by atoms with Gasteiger partial charge in [0, 0.05) is 24.7 Å². The molecule has 4 aromatic rings. The number of aromatic nitrogens is 3. The minimum absolute atomic E-state index is 0.0460. The molecule has 0 saturated carbocycles. The van der Waals surface area contributed by atoms with Crippen molar-refractivity contribution in [1.82, 2.24) is 19.2 Å². The summed E-state index contributed by atoms with van der Waals surface area (Å²) in [6.45, 7) is 1.88. The molecule has 0 unspecified atom stereocenters. The van der Waals surface area contributed by atoms with Crippen molar-refractivity contribution in [3.05, 3.63) is 72.2 Å². The number of nitrogens with zero attached hydrogens (tertiary/aromatic N) is 4. The van der Waals surface area contributed by atoms with Gasteiger partial charge in [-0.05, 0) is 30.7 Å². The van der Waals surface area contributed by atoms with Crippen LogP contribution in [-0.4, -0.2) is 44.9 Å². The van der Waals surface area contributed by atoms with Crippen LogP contribution in [0.5, 0.6) is 11.5 Å². The summed E-state index contributed by atoms with van der Waals surface area (Å²) in [6, 6.07) is 13.0. The minimum Gasteiger partial charge on any atom is -0.507 e. The molecule has 0 amide bonds. The highest BCUT2D eigenvalue weighted by molar-refractivity contribution is 7.89. The van der Waals surface area contributed by atoms with Crippen LogP contribution >= 0.6 is 0 Å². The van der Waals surface area contributed by atoms with Gasteiger partial charge in [0.15, 0.2) is 0 Å². The van der Waals surface area contributed by atoms with E-state index in [-0.39, 0.29) is 22.8 Å². The van der Waals surface area contributed by atoms with Crippen molar-refractivity contribution in [1.29, 1.82) is 0 Å². The second-order valence-corrected chi connectivity index (χ2v) is 9.02. The Balaban J connectivity index is 1.80. The molecule has 0 saturated heterocycles. The van der Waals surface area contributed by atoms with Gasteiger partial charge in [0.05, 0.1) is 29.8 Å². The lowest BCUT2D eigenvalue weighted by Gasteiger charge is -2.18. The van der Waals surface area contributed by atoms with E-state index in [0.29, 0.717) is 11.4 Å². The van der Waals surface area contributed by atoms with Crippen LogP contribution in [0.4, 0.5) is 0 Å². The van der Waals surface area contributed by atoms with Crippen LogP contribution in [0.1, 0.15) is 11.3 Å². The normalized spacial score (nSPS) is 11.8. The third kappa shape index (κ3) is 3.78. The molecule has 4 rings (SSSR count). The molecule has 9 nitrogen and oxygen atoms in total. The quantitative estimate of drug-likeness (QED) is 0.472. The van der Waals surface area contributed by atoms with Gasteiger partial charge in [0.2, 0.25) is 10.0 Å². The number of sulfonamides is 1. The second kappa shape index (κ2) is 7.89. The first-order valence-electron chi connectivity index (χ1n) is 9.31. The fourth-order valence-corrected chi connectivity index (χ4v) is 4.50. The summed E-state index contributed by atoms with van der Waals surface area (Å²) in [5, 5.41) is 28.9. The molecule has 0 aliphatic heterocycles. The van der Waals surface area contributed by atoms with E-state index in [1.807, 2.05) is 31.2 Å². The summed E-state index contributed by atoms with van der Waals surface area (Å²) >= 11 is 0. The van der Waals surface area contributed by atoms with E-state index >= 15 is 0 Å². The van der Waals surface area contributed by atoms with Crippen LogP contribution in [0.3, 0.4) is 0 Å². The van der Waals surface area contributed by atoms with E-state index in [9.17, 15) is 18.6 Å². The molecule has 0 aliphatic carbocycles. The highest BCUT2D eigenvalue weighted by Gasteiger charge is 2.28. The number of rotatable bonds is 6. The van der Waals surface area contributed by atoms with Crippen LogP contribution in [-0.2, 0) is 16.6 Å². The number of para-hydroxylation sites is 1. The van der Waals surface area contributed by atoms with Gasteiger partial charge in [0.1, 0.15) is 22.7 Å². The summed E-state index contributed by atoms with van der Waals surface area (Å²) < 4.78 is 33.6. The van der Waals surface area contributed by atoms with Crippen LogP contribution in [0.25, 0.3) is 16.9 Å². The highest BCUT2D eigenvalue weighted by Crippen LogP contribution is 2.38. The third-order valence-corrected chi connectivity index (χ3v) is 6.74. The number of aryl methyl sites for hydroxylation is 1. The maximum absolute atomic E-state index is 13.1. The maximum Gasteiger partial charge on any atom is 0.246 e. The molecular weight excluding hydrogens is 420 g/mol. The van der Waals surface area contributed by atoms with Crippen molar-refractivity contribution < 1.29 is 23.2 Å². The molecule has 10 heteroatoms. The van der Waals surface area contributed by atoms with Gasteiger partial charge in [0.25, 0.3) is 0 Å². The van der Waals surface area contributed by atoms with E-state index < -0.39 is 15.8 Å². The van der Waals surface area contributed by atoms with Crippen molar-refractivity contribution >= 4 is 10.0 Å². The molecule has 2 aromatic carbocycles. The zero-order chi connectivity index (χ0) is 22.2. The Morgan fingerprint density at radius 3 is 2.58 bits per heavy atom. The molecule has 0 fully saturated rings. The average molecular weight is 440 g/mol. The highest BCUT2D eigenvalue weighted by atomic mass is 32.2. The van der Waals surface area contributed by atoms with Crippen molar-refractivity contribution in [3.63, 3.8) is 0 Å². The Kier molecular flexibility index (Phi) is 5.25. The van der Waals surface area contributed by atoms with Gasteiger partial charge in [-0.25, -0.2) is 13.1 Å². The lowest BCUT2D eigenvalue weighted by atomic mass is 10.1. The maximum atomic E-state index is 13.1. The molecule has 0 bridgehead atoms. The number of phenols is 2. The first kappa shape index (κ1) is 20.6. The Hall–Kier alpha value is -3.63. The van der Waals surface area contributed by atoms with Gasteiger partial charge in [-0.1, -0.05) is 23.4 Å². The molecule has 2 heterocycles. The summed E-state index contributed by atoms with van der Waals surface area (Å²) in [5.41, 5.74) is 2.84. The SMILES string of the molecule is Cc1ccccc1-n1nccc1-c1cc(S(=O)(=O)N(C)Cc2ccon2)c(O)cc1O. The van der Waals surface area contributed by atoms with Crippen LogP contribution in [0.2, 0.25) is 0 Å². The molecule has 160 valence electrons. The molecule has 31 heavy (non-hydrogen) atoms. The molecular formula is C21H20N4O5S. The zero-order valence-corrected chi connectivity index (χ0v) is 17.6. The Morgan fingerprint density at radius 2 is 1.87 bits per heavy atom. The standard InChI is InChI=1S/C21H20N4O5S/c1-14-5-3-4-6-17(14)25-18(7-9-22-25)16-11-21(20(27)12-19(16)26)31(28,29)24(2)13-15-8-10-30-23-15/h3-12,26-27H,13H2,1-2H3. The summed E-state index contributed by atoms with van der Waals surface area (Å²) in [7, 11) is -2.73. The van der Waals surface area contributed by atoms with Crippen molar-refractivity contribution in [2.24, 2.45) is 0 Å². The van der Waals surface area contributed by atoms with Crippen LogP contribution < -0.4 is 0 Å². The predicted molar refractivity (Wildman–Crippen MR) is 112 cm³/mol. The molecule has 0 aliphatic rings. The summed E-state index contributed by atoms with van der Waals surface area (Å²) in [4.78, 5) is -0.344. The molecule has 0 atom stereocenters. The lowest BCUT2D eigenvalue weighted by molar-refractivity contribution is 0.392. The number of hydrogen-bond acceptors (Lipinski definition) is 7. The Morgan fingerprint density at radius 1 is 1.10 bits per heavy atom. The fourth-order valence-electron chi connectivity index (χ4n) is 3.27. The number of hydrogen-bond donors (Lipinski definition) is 2. The third-order valence-electron chi connectivity index (χ3n) is 4.90. The van der Waals surface area contributed by atoms with Crippen LogP contribution in [0, 0.1) is 6.92 Å². The Bertz CT molecular complexity index is 1330. The van der Waals surface area contributed by atoms with E-state index in [0.717, 1.165) is 21.6 Å². The van der Waals surface area contributed by atoms with Gasteiger partial charge < -0.3 is 14.7 Å². The number of phenolic OH excluding ortho intramolecular Hbond substituents is 2. The largest absolute Gasteiger partial charge is 0.507 e. The van der Waals surface area contributed by atoms with Crippen molar-refractivity contribution in [3.8, 4) is 28.4 Å². The Labute approximate surface area is 178 Å². The summed E-state index contributed by atoms with van der Waals surface area (Å²) in [6.07, 6.45) is 2.90. The van der Waals surface area contributed by atoms with E-state index in [1.165, 1.54) is 19.4 Å². The second-order valence-electron chi connectivity index (χ2n) is 7.00. The molecule has 2 aromatic heterocycles. The van der Waals surface area contributed by atoms with Crippen molar-refractivity contribution in [2.45, 2.75) is 18.4 Å². The fraction of sp³-hybridized carbons (Fsp3) is 0.143. The minimum atomic E-state index is -4.10.